The van der Waals surface area contributed by atoms with E-state index in [1.54, 1.807) is 0 Å². The van der Waals surface area contributed by atoms with E-state index in [-0.39, 0.29) is 0 Å². The Morgan fingerprint density at radius 3 is 2.71 bits per heavy atom. The Hall–Kier alpha value is -1.55. The summed E-state index contributed by atoms with van der Waals surface area (Å²) in [6, 6.07) is 6.38. The lowest BCUT2D eigenvalue weighted by molar-refractivity contribution is 0.0206. The number of rotatable bonds is 9. The van der Waals surface area contributed by atoms with Gasteiger partial charge in [0, 0.05) is 49.9 Å². The highest BCUT2D eigenvalue weighted by Crippen LogP contribution is 2.26. The average molecular weight is 332 g/mol. The van der Waals surface area contributed by atoms with Gasteiger partial charge >= 0.3 is 0 Å². The third-order valence-electron chi connectivity index (χ3n) is 5.16. The van der Waals surface area contributed by atoms with E-state index >= 15 is 0 Å². The molecule has 0 aliphatic carbocycles. The standard InChI is InChI=1S/C20H33N3O/c1-4-16(5-2)14-23(15-19-8-6-7-11-24-19)18-9-10-20(22-3)17(12-18)13-21/h9-10,12-13,16,19,21-22H,4-8,11,14-15H2,1-3H3. The third-order valence-corrected chi connectivity index (χ3v) is 5.16. The first kappa shape index (κ1) is 18.8. The van der Waals surface area contributed by atoms with Gasteiger partial charge in [-0.25, -0.2) is 0 Å². The molecule has 4 heteroatoms. The Kier molecular flexibility index (Phi) is 7.57. The van der Waals surface area contributed by atoms with Crippen molar-refractivity contribution in [2.45, 2.75) is 52.1 Å². The van der Waals surface area contributed by atoms with Gasteiger partial charge in [-0.3, -0.25) is 0 Å². The molecule has 0 bridgehead atoms. The van der Waals surface area contributed by atoms with Crippen molar-refractivity contribution in [3.05, 3.63) is 23.8 Å². The van der Waals surface area contributed by atoms with Crippen molar-refractivity contribution < 1.29 is 4.74 Å². The highest BCUT2D eigenvalue weighted by atomic mass is 16.5. The summed E-state index contributed by atoms with van der Waals surface area (Å²) < 4.78 is 5.98. The Labute approximate surface area is 147 Å². The van der Waals surface area contributed by atoms with E-state index in [0.717, 1.165) is 37.4 Å². The van der Waals surface area contributed by atoms with Gasteiger partial charge in [0.15, 0.2) is 0 Å². The van der Waals surface area contributed by atoms with Crippen molar-refractivity contribution in [2.24, 2.45) is 5.92 Å². The van der Waals surface area contributed by atoms with E-state index in [1.165, 1.54) is 37.6 Å². The molecular weight excluding hydrogens is 298 g/mol. The van der Waals surface area contributed by atoms with Crippen LogP contribution in [0.5, 0.6) is 0 Å². The Morgan fingerprint density at radius 1 is 1.33 bits per heavy atom. The first-order valence-electron chi connectivity index (χ1n) is 9.40. The fourth-order valence-electron chi connectivity index (χ4n) is 3.44. The highest BCUT2D eigenvalue weighted by molar-refractivity contribution is 5.87. The minimum atomic E-state index is 0.334. The quantitative estimate of drug-likeness (QED) is 0.653. The molecule has 2 rings (SSSR count). The lowest BCUT2D eigenvalue weighted by Gasteiger charge is -2.34. The molecule has 4 nitrogen and oxygen atoms in total. The van der Waals surface area contributed by atoms with Crippen LogP contribution in [0.4, 0.5) is 11.4 Å². The zero-order valence-electron chi connectivity index (χ0n) is 15.5. The van der Waals surface area contributed by atoms with Gasteiger partial charge in [0.2, 0.25) is 0 Å². The minimum absolute atomic E-state index is 0.334. The molecule has 0 amide bonds. The van der Waals surface area contributed by atoms with Gasteiger partial charge in [0.1, 0.15) is 0 Å². The fourth-order valence-corrected chi connectivity index (χ4v) is 3.44. The second-order valence-corrected chi connectivity index (χ2v) is 6.74. The van der Waals surface area contributed by atoms with E-state index < -0.39 is 0 Å². The number of nitrogens with one attached hydrogen (secondary N) is 2. The third kappa shape index (κ3) is 4.97. The van der Waals surface area contributed by atoms with Crippen LogP contribution < -0.4 is 10.2 Å². The SMILES string of the molecule is CCC(CC)CN(CC1CCCCO1)c1ccc(NC)c(C=N)c1. The molecule has 1 atom stereocenters. The molecular formula is C20H33N3O. The molecule has 1 aliphatic heterocycles. The van der Waals surface area contributed by atoms with Gasteiger partial charge in [0.05, 0.1) is 6.10 Å². The average Bonchev–Trinajstić information content (AvgIpc) is 2.65. The van der Waals surface area contributed by atoms with Crippen LogP contribution in [-0.2, 0) is 4.74 Å². The second-order valence-electron chi connectivity index (χ2n) is 6.74. The molecule has 0 aromatic heterocycles. The summed E-state index contributed by atoms with van der Waals surface area (Å²) in [5.74, 6) is 0.695. The maximum absolute atomic E-state index is 7.68. The normalized spacial score (nSPS) is 17.8. The number of benzene rings is 1. The summed E-state index contributed by atoms with van der Waals surface area (Å²) in [4.78, 5) is 2.47. The zero-order chi connectivity index (χ0) is 17.4. The topological polar surface area (TPSA) is 48.4 Å². The van der Waals surface area contributed by atoms with Crippen LogP contribution in [0.2, 0.25) is 0 Å². The van der Waals surface area contributed by atoms with E-state index in [9.17, 15) is 0 Å². The van der Waals surface area contributed by atoms with Crippen molar-refractivity contribution in [3.63, 3.8) is 0 Å². The molecule has 1 aromatic carbocycles. The molecule has 1 aliphatic rings. The second kappa shape index (κ2) is 9.67. The Morgan fingerprint density at radius 2 is 2.12 bits per heavy atom. The summed E-state index contributed by atoms with van der Waals surface area (Å²) in [5.41, 5.74) is 3.15. The summed E-state index contributed by atoms with van der Waals surface area (Å²) in [6.45, 7) is 7.46. The number of ether oxygens (including phenoxy) is 1. The Bertz CT molecular complexity index is 508. The number of hydrogen-bond donors (Lipinski definition) is 2. The van der Waals surface area contributed by atoms with Crippen LogP contribution in [-0.4, -0.2) is 39.1 Å². The van der Waals surface area contributed by atoms with Crippen LogP contribution in [0, 0.1) is 11.3 Å². The summed E-state index contributed by atoms with van der Waals surface area (Å²) in [7, 11) is 1.90. The molecule has 1 aromatic rings. The highest BCUT2D eigenvalue weighted by Gasteiger charge is 2.20. The Balaban J connectivity index is 2.21. The molecule has 134 valence electrons. The molecule has 24 heavy (non-hydrogen) atoms. The summed E-state index contributed by atoms with van der Waals surface area (Å²) in [6.07, 6.45) is 7.79. The summed E-state index contributed by atoms with van der Waals surface area (Å²) in [5, 5.41) is 10.8. The molecule has 0 saturated carbocycles. The van der Waals surface area contributed by atoms with Gasteiger partial charge in [-0.05, 0) is 43.4 Å². The molecule has 2 N–H and O–H groups in total. The van der Waals surface area contributed by atoms with Crippen LogP contribution in [0.3, 0.4) is 0 Å². The predicted molar refractivity (Wildman–Crippen MR) is 104 cm³/mol. The van der Waals surface area contributed by atoms with E-state index in [1.807, 2.05) is 7.05 Å². The minimum Gasteiger partial charge on any atom is -0.388 e. The number of anilines is 2. The fraction of sp³-hybridized carbons (Fsp3) is 0.650. The van der Waals surface area contributed by atoms with Crippen LogP contribution >= 0.6 is 0 Å². The molecule has 0 radical (unpaired) electrons. The number of hydrogen-bond acceptors (Lipinski definition) is 4. The van der Waals surface area contributed by atoms with E-state index in [0.29, 0.717) is 12.0 Å². The van der Waals surface area contributed by atoms with E-state index in [2.05, 4.69) is 42.3 Å². The lowest BCUT2D eigenvalue weighted by atomic mass is 10.0. The smallest absolute Gasteiger partial charge is 0.0749 e. The van der Waals surface area contributed by atoms with Crippen molar-refractivity contribution in [3.8, 4) is 0 Å². The monoisotopic (exact) mass is 331 g/mol. The van der Waals surface area contributed by atoms with Gasteiger partial charge in [-0.15, -0.1) is 0 Å². The molecule has 1 heterocycles. The lowest BCUT2D eigenvalue weighted by Crippen LogP contribution is -2.38. The van der Waals surface area contributed by atoms with E-state index in [4.69, 9.17) is 10.1 Å². The van der Waals surface area contributed by atoms with Gasteiger partial charge in [-0.2, -0.15) is 0 Å². The van der Waals surface area contributed by atoms with Crippen LogP contribution in [0.15, 0.2) is 18.2 Å². The van der Waals surface area contributed by atoms with Crippen molar-refractivity contribution in [2.75, 3.05) is 37.0 Å². The predicted octanol–water partition coefficient (Wildman–Crippen LogP) is 4.54. The van der Waals surface area contributed by atoms with Gasteiger partial charge in [0.25, 0.3) is 0 Å². The molecule has 1 saturated heterocycles. The molecule has 1 unspecified atom stereocenters. The maximum atomic E-state index is 7.68. The van der Waals surface area contributed by atoms with Crippen molar-refractivity contribution in [1.29, 1.82) is 5.41 Å². The van der Waals surface area contributed by atoms with Gasteiger partial charge in [-0.1, -0.05) is 26.7 Å². The first-order valence-corrected chi connectivity index (χ1v) is 9.40. The maximum Gasteiger partial charge on any atom is 0.0749 e. The molecule has 1 fully saturated rings. The molecule has 0 spiro atoms. The largest absolute Gasteiger partial charge is 0.388 e. The first-order chi connectivity index (χ1) is 11.7. The van der Waals surface area contributed by atoms with Crippen molar-refractivity contribution >= 4 is 17.6 Å². The summed E-state index contributed by atoms with van der Waals surface area (Å²) >= 11 is 0. The number of nitrogens with zero attached hydrogens (tertiary/aromatic N) is 1. The van der Waals surface area contributed by atoms with Gasteiger partial charge < -0.3 is 20.4 Å². The van der Waals surface area contributed by atoms with Crippen LogP contribution in [0.25, 0.3) is 0 Å². The van der Waals surface area contributed by atoms with Crippen LogP contribution in [0.1, 0.15) is 51.5 Å². The zero-order valence-corrected chi connectivity index (χ0v) is 15.5. The van der Waals surface area contributed by atoms with Crippen molar-refractivity contribution in [1.82, 2.24) is 0 Å².